The van der Waals surface area contributed by atoms with Crippen molar-refractivity contribution in [3.63, 3.8) is 0 Å². The second-order valence-corrected chi connectivity index (χ2v) is 10.2. The van der Waals surface area contributed by atoms with Crippen LogP contribution in [0.3, 0.4) is 0 Å². The van der Waals surface area contributed by atoms with Gasteiger partial charge in [-0.25, -0.2) is 8.42 Å². The Kier molecular flexibility index (Phi) is 7.28. The number of anilines is 1. The number of halogens is 1. The predicted molar refractivity (Wildman–Crippen MR) is 140 cm³/mol. The van der Waals surface area contributed by atoms with E-state index in [0.29, 0.717) is 5.69 Å². The normalized spacial score (nSPS) is 11.3. The quantitative estimate of drug-likeness (QED) is 0.298. The molecule has 0 saturated heterocycles. The van der Waals surface area contributed by atoms with E-state index < -0.39 is 15.9 Å². The summed E-state index contributed by atoms with van der Waals surface area (Å²) in [6.45, 7) is 4.18. The van der Waals surface area contributed by atoms with Gasteiger partial charge in [0, 0.05) is 10.9 Å². The number of fused-ring (bicyclic) bond motifs is 1. The molecule has 0 radical (unpaired) electrons. The molecule has 4 aromatic rings. The van der Waals surface area contributed by atoms with Gasteiger partial charge in [0.25, 0.3) is 15.9 Å². The molecule has 0 heterocycles. The lowest BCUT2D eigenvalue weighted by molar-refractivity contribution is 0.0947. The Labute approximate surface area is 209 Å². The summed E-state index contributed by atoms with van der Waals surface area (Å²) in [4.78, 5) is 12.5. The fourth-order valence-electron chi connectivity index (χ4n) is 3.65. The molecule has 0 aliphatic heterocycles. The van der Waals surface area contributed by atoms with E-state index in [9.17, 15) is 13.2 Å². The van der Waals surface area contributed by atoms with E-state index in [0.717, 1.165) is 27.6 Å². The van der Waals surface area contributed by atoms with Crippen molar-refractivity contribution >= 4 is 44.0 Å². The van der Waals surface area contributed by atoms with Gasteiger partial charge in [0.15, 0.2) is 0 Å². The largest absolute Gasteiger partial charge is 0.491 e. The van der Waals surface area contributed by atoms with Crippen LogP contribution in [0.5, 0.6) is 5.75 Å². The molecule has 4 rings (SSSR count). The van der Waals surface area contributed by atoms with Crippen LogP contribution in [0.4, 0.5) is 5.69 Å². The number of hydrogen-bond acceptors (Lipinski definition) is 4. The summed E-state index contributed by atoms with van der Waals surface area (Å²) in [5.41, 5.74) is 2.33. The number of nitrogens with one attached hydrogen (secondary N) is 2. The number of amides is 1. The van der Waals surface area contributed by atoms with Crippen molar-refractivity contribution in [2.45, 2.75) is 18.7 Å². The lowest BCUT2D eigenvalue weighted by atomic mass is 10.1. The van der Waals surface area contributed by atoms with Gasteiger partial charge in [0.2, 0.25) is 0 Å². The second kappa shape index (κ2) is 10.4. The van der Waals surface area contributed by atoms with E-state index >= 15 is 0 Å². The molecule has 6 nitrogen and oxygen atoms in total. The first-order valence-electron chi connectivity index (χ1n) is 11.0. The van der Waals surface area contributed by atoms with Crippen LogP contribution in [0, 0.1) is 13.8 Å². The zero-order chi connectivity index (χ0) is 25.0. The molecule has 0 aliphatic rings. The fourth-order valence-corrected chi connectivity index (χ4v) is 5.29. The van der Waals surface area contributed by atoms with Crippen molar-refractivity contribution in [1.82, 2.24) is 5.32 Å². The number of ether oxygens (including phenoxy) is 1. The Morgan fingerprint density at radius 2 is 1.71 bits per heavy atom. The zero-order valence-electron chi connectivity index (χ0n) is 19.3. The summed E-state index contributed by atoms with van der Waals surface area (Å²) < 4.78 is 34.5. The molecular weight excluding hydrogens is 484 g/mol. The number of aryl methyl sites for hydroxylation is 2. The minimum Gasteiger partial charge on any atom is -0.491 e. The van der Waals surface area contributed by atoms with Gasteiger partial charge >= 0.3 is 0 Å². The summed E-state index contributed by atoms with van der Waals surface area (Å²) in [5.74, 6) is 0.307. The Bertz CT molecular complexity index is 1500. The lowest BCUT2D eigenvalue weighted by Gasteiger charge is -2.14. The Hall–Kier alpha value is -3.55. The maximum absolute atomic E-state index is 13.0. The highest BCUT2D eigenvalue weighted by molar-refractivity contribution is 7.92. The summed E-state index contributed by atoms with van der Waals surface area (Å²) in [6, 6.07) is 23.3. The van der Waals surface area contributed by atoms with Crippen molar-refractivity contribution in [3.05, 3.63) is 101 Å². The Balaban J connectivity index is 1.43. The van der Waals surface area contributed by atoms with Crippen molar-refractivity contribution in [2.75, 3.05) is 17.9 Å². The van der Waals surface area contributed by atoms with Gasteiger partial charge in [-0.3, -0.25) is 9.52 Å². The highest BCUT2D eigenvalue weighted by Crippen LogP contribution is 2.27. The van der Waals surface area contributed by atoms with Gasteiger partial charge in [-0.2, -0.15) is 0 Å². The number of sulfonamides is 1. The molecule has 4 aromatic carbocycles. The first kappa shape index (κ1) is 24.6. The van der Waals surface area contributed by atoms with Gasteiger partial charge in [-0.15, -0.1) is 0 Å². The molecule has 180 valence electrons. The van der Waals surface area contributed by atoms with Gasteiger partial charge < -0.3 is 10.1 Å². The van der Waals surface area contributed by atoms with Crippen LogP contribution in [-0.4, -0.2) is 27.5 Å². The highest BCUT2D eigenvalue weighted by atomic mass is 35.5. The number of rotatable bonds is 8. The summed E-state index contributed by atoms with van der Waals surface area (Å²) in [6.07, 6.45) is 0. The molecule has 0 unspecified atom stereocenters. The minimum absolute atomic E-state index is 0.0265. The number of benzene rings is 4. The van der Waals surface area contributed by atoms with E-state index in [4.69, 9.17) is 16.3 Å². The maximum atomic E-state index is 13.0. The van der Waals surface area contributed by atoms with E-state index in [1.54, 1.807) is 6.07 Å². The molecule has 0 atom stereocenters. The van der Waals surface area contributed by atoms with Crippen LogP contribution in [-0.2, 0) is 10.0 Å². The van der Waals surface area contributed by atoms with Gasteiger partial charge in [-0.1, -0.05) is 60.1 Å². The van der Waals surface area contributed by atoms with E-state index in [1.165, 1.54) is 18.2 Å². The third-order valence-electron chi connectivity index (χ3n) is 5.52. The third kappa shape index (κ3) is 5.75. The first-order valence-corrected chi connectivity index (χ1v) is 12.9. The van der Waals surface area contributed by atoms with Gasteiger partial charge in [0.05, 0.1) is 17.3 Å². The molecule has 2 N–H and O–H groups in total. The minimum atomic E-state index is -4.01. The summed E-state index contributed by atoms with van der Waals surface area (Å²) in [7, 11) is -4.01. The molecule has 0 aliphatic carbocycles. The molecular formula is C27H25ClN2O4S. The number of carbonyl (C=O) groups is 1. The van der Waals surface area contributed by atoms with Crippen LogP contribution < -0.4 is 14.8 Å². The topological polar surface area (TPSA) is 84.5 Å². The molecule has 0 bridgehead atoms. The average Bonchev–Trinajstić information content (AvgIpc) is 2.84. The standard InChI is InChI=1S/C27H25ClN2O4S/c1-18-10-11-19(2)24(16-18)30-35(32,33)26-17-21(12-13-23(26)28)27(31)29-14-15-34-25-9-5-7-20-6-3-4-8-22(20)25/h3-13,16-17,30H,14-15H2,1-2H3,(H,29,31). The van der Waals surface area contributed by atoms with Crippen molar-refractivity contribution in [2.24, 2.45) is 0 Å². The zero-order valence-corrected chi connectivity index (χ0v) is 20.9. The van der Waals surface area contributed by atoms with E-state index in [2.05, 4.69) is 10.0 Å². The molecule has 0 fully saturated rings. The molecule has 0 aromatic heterocycles. The van der Waals surface area contributed by atoms with E-state index in [1.807, 2.05) is 68.4 Å². The third-order valence-corrected chi connectivity index (χ3v) is 7.36. The summed E-state index contributed by atoms with van der Waals surface area (Å²) >= 11 is 6.19. The second-order valence-electron chi connectivity index (χ2n) is 8.15. The van der Waals surface area contributed by atoms with Crippen LogP contribution in [0.25, 0.3) is 10.8 Å². The smallest absolute Gasteiger partial charge is 0.263 e. The van der Waals surface area contributed by atoms with Crippen LogP contribution in [0.15, 0.2) is 83.8 Å². The Morgan fingerprint density at radius 1 is 0.943 bits per heavy atom. The van der Waals surface area contributed by atoms with Gasteiger partial charge in [0.1, 0.15) is 17.3 Å². The molecule has 1 amide bonds. The van der Waals surface area contributed by atoms with Crippen LogP contribution in [0.2, 0.25) is 5.02 Å². The molecule has 35 heavy (non-hydrogen) atoms. The first-order chi connectivity index (χ1) is 16.7. The summed E-state index contributed by atoms with van der Waals surface area (Å²) in [5, 5.41) is 4.84. The molecule has 0 spiro atoms. The lowest BCUT2D eigenvalue weighted by Crippen LogP contribution is -2.28. The van der Waals surface area contributed by atoms with Crippen LogP contribution in [0.1, 0.15) is 21.5 Å². The van der Waals surface area contributed by atoms with E-state index in [-0.39, 0.29) is 28.6 Å². The molecule has 0 saturated carbocycles. The highest BCUT2D eigenvalue weighted by Gasteiger charge is 2.21. The molecule has 8 heteroatoms. The van der Waals surface area contributed by atoms with Crippen molar-refractivity contribution in [3.8, 4) is 5.75 Å². The maximum Gasteiger partial charge on any atom is 0.263 e. The SMILES string of the molecule is Cc1ccc(C)c(NS(=O)(=O)c2cc(C(=O)NCCOc3cccc4ccccc34)ccc2Cl)c1. The Morgan fingerprint density at radius 3 is 2.54 bits per heavy atom. The predicted octanol–water partition coefficient (Wildman–Crippen LogP) is 5.72. The number of carbonyl (C=O) groups excluding carboxylic acids is 1. The van der Waals surface area contributed by atoms with Crippen molar-refractivity contribution in [1.29, 1.82) is 0 Å². The number of hydrogen-bond donors (Lipinski definition) is 2. The van der Waals surface area contributed by atoms with Gasteiger partial charge in [-0.05, 0) is 60.7 Å². The monoisotopic (exact) mass is 508 g/mol. The van der Waals surface area contributed by atoms with Crippen LogP contribution >= 0.6 is 11.6 Å². The average molecular weight is 509 g/mol. The van der Waals surface area contributed by atoms with Crippen molar-refractivity contribution < 1.29 is 17.9 Å². The fraction of sp³-hybridized carbons (Fsp3) is 0.148.